The van der Waals surface area contributed by atoms with Gasteiger partial charge in [0.25, 0.3) is 0 Å². The van der Waals surface area contributed by atoms with Crippen molar-refractivity contribution in [2.75, 3.05) is 33.0 Å². The Bertz CT molecular complexity index is 872. The van der Waals surface area contributed by atoms with E-state index in [1.165, 1.54) is 161 Å². The number of azide groups is 1. The Balaban J connectivity index is 1.76. The summed E-state index contributed by atoms with van der Waals surface area (Å²) in [7, 11) is 0. The summed E-state index contributed by atoms with van der Waals surface area (Å²) < 4.78 is 38.5. The van der Waals surface area contributed by atoms with Crippen LogP contribution in [0.2, 0.25) is 0 Å². The summed E-state index contributed by atoms with van der Waals surface area (Å²) in [4.78, 5) is 2.87. The zero-order valence-electron chi connectivity index (χ0n) is 35.2. The van der Waals surface area contributed by atoms with E-state index in [9.17, 15) is 0 Å². The third-order valence-electron chi connectivity index (χ3n) is 11.0. The highest BCUT2D eigenvalue weighted by Gasteiger charge is 2.53. The molecule has 5 atom stereocenters. The molecular formula is C44H85N3O6. The number of unbranched alkanes of at least 4 members (excludes halogenated alkanes) is 26. The highest BCUT2D eigenvalue weighted by molar-refractivity contribution is 4.95. The fraction of sp³-hybridized carbons (Fsp3) is 1.00. The second-order valence-electron chi connectivity index (χ2n) is 16.4. The first-order valence-electron chi connectivity index (χ1n) is 22.8. The lowest BCUT2D eigenvalue weighted by Crippen LogP contribution is -2.66. The van der Waals surface area contributed by atoms with Crippen LogP contribution >= 0.6 is 0 Å². The molecule has 2 rings (SSSR count). The van der Waals surface area contributed by atoms with Gasteiger partial charge in [-0.25, -0.2) is 0 Å². The summed E-state index contributed by atoms with van der Waals surface area (Å²) in [6, 6.07) is 0. The summed E-state index contributed by atoms with van der Waals surface area (Å²) in [6.45, 7) is 11.0. The first-order valence-corrected chi connectivity index (χ1v) is 22.8. The van der Waals surface area contributed by atoms with Crippen LogP contribution in [0.15, 0.2) is 5.11 Å². The zero-order chi connectivity index (χ0) is 38.1. The van der Waals surface area contributed by atoms with Crippen LogP contribution in [0, 0.1) is 0 Å². The van der Waals surface area contributed by atoms with Crippen LogP contribution in [0.4, 0.5) is 0 Å². The first-order chi connectivity index (χ1) is 26.0. The van der Waals surface area contributed by atoms with E-state index in [1.54, 1.807) is 0 Å². The van der Waals surface area contributed by atoms with Crippen molar-refractivity contribution in [2.45, 2.75) is 250 Å². The summed E-state index contributed by atoms with van der Waals surface area (Å²) in [6.07, 6.45) is 36.0. The quantitative estimate of drug-likeness (QED) is 0.0271. The monoisotopic (exact) mass is 752 g/mol. The molecule has 0 aromatic rings. The summed E-state index contributed by atoms with van der Waals surface area (Å²) >= 11 is 0. The maximum atomic E-state index is 8.68. The summed E-state index contributed by atoms with van der Waals surface area (Å²) in [5.41, 5.74) is 8.68. The summed E-state index contributed by atoms with van der Waals surface area (Å²) in [5, 5.41) is 3.66. The van der Waals surface area contributed by atoms with E-state index in [-0.39, 0.29) is 18.3 Å². The third-order valence-corrected chi connectivity index (χ3v) is 11.0. The lowest BCUT2D eigenvalue weighted by Gasteiger charge is -2.50. The maximum absolute atomic E-state index is 8.68. The van der Waals surface area contributed by atoms with Crippen molar-refractivity contribution in [1.82, 2.24) is 0 Å². The Morgan fingerprint density at radius 3 is 1.38 bits per heavy atom. The van der Waals surface area contributed by atoms with Crippen molar-refractivity contribution in [3.8, 4) is 0 Å². The molecule has 53 heavy (non-hydrogen) atoms. The lowest BCUT2D eigenvalue weighted by atomic mass is 9.96. The molecule has 2 aliphatic heterocycles. The fourth-order valence-electron chi connectivity index (χ4n) is 7.71. The number of hydrogen-bond donors (Lipinski definition) is 0. The minimum absolute atomic E-state index is 0.297. The Kier molecular flexibility index (Phi) is 30.2. The van der Waals surface area contributed by atoms with Gasteiger partial charge in [-0.2, -0.15) is 0 Å². The van der Waals surface area contributed by atoms with Gasteiger partial charge in [0, 0.05) is 31.3 Å². The molecule has 0 saturated carbocycles. The molecule has 9 nitrogen and oxygen atoms in total. The van der Waals surface area contributed by atoms with E-state index in [0.29, 0.717) is 39.4 Å². The third kappa shape index (κ3) is 24.3. The van der Waals surface area contributed by atoms with Crippen molar-refractivity contribution in [3.63, 3.8) is 0 Å². The van der Waals surface area contributed by atoms with Gasteiger partial charge in [-0.1, -0.05) is 186 Å². The SMILES string of the molecule is CCCCCCCCCCCCCCCCO[C@@H]1[C@@H](OCCCCCCCCCCCCCCCC)[C@H](OCCCN=[N+]=[N-])O[C@@H]2COC(C)(C)O[C@@H]12. The van der Waals surface area contributed by atoms with Crippen molar-refractivity contribution >= 4 is 0 Å². The molecule has 0 aromatic carbocycles. The van der Waals surface area contributed by atoms with Crippen LogP contribution in [-0.4, -0.2) is 69.5 Å². The Hall–Kier alpha value is -0.930. The van der Waals surface area contributed by atoms with Crippen LogP contribution in [-0.2, 0) is 28.4 Å². The van der Waals surface area contributed by atoms with Gasteiger partial charge in [0.1, 0.15) is 24.4 Å². The Labute approximate surface area is 326 Å². The minimum atomic E-state index is -0.719. The van der Waals surface area contributed by atoms with Crippen molar-refractivity contribution < 1.29 is 28.4 Å². The highest BCUT2D eigenvalue weighted by Crippen LogP contribution is 2.36. The van der Waals surface area contributed by atoms with Crippen LogP contribution in [0.1, 0.15) is 214 Å². The van der Waals surface area contributed by atoms with E-state index in [0.717, 1.165) is 19.3 Å². The highest BCUT2D eigenvalue weighted by atomic mass is 16.8. The van der Waals surface area contributed by atoms with Gasteiger partial charge in [-0.05, 0) is 38.6 Å². The Morgan fingerprint density at radius 2 is 0.943 bits per heavy atom. The molecule has 9 heteroatoms. The van der Waals surface area contributed by atoms with E-state index >= 15 is 0 Å². The minimum Gasteiger partial charge on any atom is -0.372 e. The van der Waals surface area contributed by atoms with Crippen LogP contribution in [0.3, 0.4) is 0 Å². The van der Waals surface area contributed by atoms with Gasteiger partial charge < -0.3 is 28.4 Å². The van der Waals surface area contributed by atoms with Crippen LogP contribution in [0.5, 0.6) is 0 Å². The van der Waals surface area contributed by atoms with Gasteiger partial charge >= 0.3 is 0 Å². The Morgan fingerprint density at radius 1 is 0.547 bits per heavy atom. The van der Waals surface area contributed by atoms with E-state index < -0.39 is 18.2 Å². The smallest absolute Gasteiger partial charge is 0.186 e. The molecule has 0 aromatic heterocycles. The van der Waals surface area contributed by atoms with Gasteiger partial charge in [0.05, 0.1) is 6.61 Å². The molecule has 0 unspecified atom stereocenters. The van der Waals surface area contributed by atoms with Crippen LogP contribution in [0.25, 0.3) is 10.4 Å². The van der Waals surface area contributed by atoms with E-state index in [4.69, 9.17) is 34.0 Å². The number of hydrogen-bond acceptors (Lipinski definition) is 7. The van der Waals surface area contributed by atoms with Gasteiger partial charge in [0.15, 0.2) is 12.1 Å². The average molecular weight is 752 g/mol. The van der Waals surface area contributed by atoms with Crippen molar-refractivity contribution in [1.29, 1.82) is 0 Å². The second kappa shape index (κ2) is 33.2. The van der Waals surface area contributed by atoms with E-state index in [1.807, 2.05) is 13.8 Å². The molecule has 0 N–H and O–H groups in total. The number of nitrogens with zero attached hydrogens (tertiary/aromatic N) is 3. The molecule has 0 aliphatic carbocycles. The standard InChI is InChI=1S/C44H85N3O6/c1-5-7-9-11-13-15-17-19-21-23-25-27-29-31-35-48-41-40-39(38-51-44(3,4)53-40)52-43(50-37-33-34-46-47-45)42(41)49-36-32-30-28-26-24-22-20-18-16-14-12-10-8-6-2/h39-43H,5-38H2,1-4H3/t39-,40-,41+,42-,43-/m1/s1. The molecule has 2 aliphatic rings. The van der Waals surface area contributed by atoms with Gasteiger partial charge in [-0.15, -0.1) is 0 Å². The van der Waals surface area contributed by atoms with Gasteiger partial charge in [0.2, 0.25) is 0 Å². The topological polar surface area (TPSA) is 104 Å². The number of rotatable bonds is 37. The van der Waals surface area contributed by atoms with Crippen molar-refractivity contribution in [2.24, 2.45) is 5.11 Å². The molecule has 312 valence electrons. The number of ether oxygens (including phenoxy) is 6. The summed E-state index contributed by atoms with van der Waals surface area (Å²) in [5.74, 6) is -0.719. The zero-order valence-corrected chi connectivity index (χ0v) is 35.2. The molecule has 0 spiro atoms. The normalized spacial score (nSPS) is 22.5. The van der Waals surface area contributed by atoms with Crippen LogP contribution < -0.4 is 0 Å². The average Bonchev–Trinajstić information content (AvgIpc) is 3.15. The second-order valence-corrected chi connectivity index (χ2v) is 16.4. The molecule has 2 heterocycles. The fourth-order valence-corrected chi connectivity index (χ4v) is 7.71. The molecule has 0 bridgehead atoms. The van der Waals surface area contributed by atoms with Crippen molar-refractivity contribution in [3.05, 3.63) is 10.4 Å². The predicted molar refractivity (Wildman–Crippen MR) is 218 cm³/mol. The largest absolute Gasteiger partial charge is 0.372 e. The molecule has 2 fully saturated rings. The molecule has 0 radical (unpaired) electrons. The van der Waals surface area contributed by atoms with E-state index in [2.05, 4.69) is 23.9 Å². The number of fused-ring (bicyclic) bond motifs is 1. The predicted octanol–water partition coefficient (Wildman–Crippen LogP) is 13.3. The molecule has 2 saturated heterocycles. The maximum Gasteiger partial charge on any atom is 0.186 e. The van der Waals surface area contributed by atoms with Gasteiger partial charge in [-0.3, -0.25) is 0 Å². The first kappa shape index (κ1) is 48.2. The lowest BCUT2D eigenvalue weighted by molar-refractivity contribution is -0.389. The molecular weight excluding hydrogens is 666 g/mol. The molecule has 0 amide bonds.